The monoisotopic (exact) mass is 257 g/mol. The Hall–Kier alpha value is -2.10. The normalized spacial score (nSPS) is 10.6. The van der Waals surface area contributed by atoms with Crippen LogP contribution in [0.4, 0.5) is 5.69 Å². The van der Waals surface area contributed by atoms with Crippen LogP contribution in [0.2, 0.25) is 0 Å². The molecule has 1 aromatic carbocycles. The van der Waals surface area contributed by atoms with Crippen LogP contribution in [-0.2, 0) is 24.7 Å². The van der Waals surface area contributed by atoms with Crippen LogP contribution in [0.25, 0.3) is 0 Å². The third-order valence-electron chi connectivity index (χ3n) is 3.25. The highest BCUT2D eigenvalue weighted by Gasteiger charge is 2.05. The summed E-state index contributed by atoms with van der Waals surface area (Å²) in [5.74, 6) is 0.290. The minimum atomic E-state index is 0.290. The Kier molecular flexibility index (Phi) is 4.34. The first-order valence-corrected chi connectivity index (χ1v) is 6.48. The van der Waals surface area contributed by atoms with Crippen molar-refractivity contribution >= 4 is 11.5 Å². The summed E-state index contributed by atoms with van der Waals surface area (Å²) in [5.41, 5.74) is 8.63. The van der Waals surface area contributed by atoms with Crippen LogP contribution in [0.3, 0.4) is 0 Å². The maximum absolute atomic E-state index is 11.8. The number of anilines is 1. The molecule has 0 aliphatic heterocycles. The van der Waals surface area contributed by atoms with E-state index in [2.05, 4.69) is 5.10 Å². The van der Waals surface area contributed by atoms with E-state index in [1.807, 2.05) is 42.1 Å². The number of hydrogen-bond donors (Lipinski definition) is 1. The molecular weight excluding hydrogens is 238 g/mol. The number of rotatable bonds is 6. The van der Waals surface area contributed by atoms with Gasteiger partial charge in [0.05, 0.1) is 0 Å². The molecule has 1 aromatic heterocycles. The topological polar surface area (TPSA) is 60.9 Å². The van der Waals surface area contributed by atoms with E-state index in [-0.39, 0.29) is 5.78 Å². The molecule has 0 unspecified atom stereocenters. The molecule has 0 fully saturated rings. The zero-order chi connectivity index (χ0) is 13.7. The summed E-state index contributed by atoms with van der Waals surface area (Å²) < 4.78 is 1.81. The number of ketones is 1. The van der Waals surface area contributed by atoms with E-state index >= 15 is 0 Å². The third-order valence-corrected chi connectivity index (χ3v) is 3.25. The average Bonchev–Trinajstić information content (AvgIpc) is 2.81. The van der Waals surface area contributed by atoms with Gasteiger partial charge in [-0.3, -0.25) is 9.48 Å². The number of nitrogens with zero attached hydrogens (tertiary/aromatic N) is 2. The molecule has 0 bridgehead atoms. The molecule has 1 heterocycles. The fourth-order valence-corrected chi connectivity index (χ4v) is 2.01. The van der Waals surface area contributed by atoms with Crippen LogP contribution >= 0.6 is 0 Å². The number of hydrogen-bond acceptors (Lipinski definition) is 3. The Balaban J connectivity index is 1.76. The molecule has 0 amide bonds. The van der Waals surface area contributed by atoms with Crippen molar-refractivity contribution in [2.24, 2.45) is 7.05 Å². The van der Waals surface area contributed by atoms with Gasteiger partial charge in [-0.05, 0) is 36.6 Å². The maximum atomic E-state index is 11.8. The molecule has 0 aliphatic carbocycles. The zero-order valence-electron chi connectivity index (χ0n) is 11.2. The summed E-state index contributed by atoms with van der Waals surface area (Å²) in [5, 5.41) is 4.09. The van der Waals surface area contributed by atoms with E-state index in [9.17, 15) is 4.79 Å². The molecular formula is C15H19N3O. The van der Waals surface area contributed by atoms with Crippen LogP contribution < -0.4 is 5.73 Å². The summed E-state index contributed by atoms with van der Waals surface area (Å²) >= 11 is 0. The van der Waals surface area contributed by atoms with E-state index in [0.717, 1.165) is 29.8 Å². The average molecular weight is 257 g/mol. The molecule has 4 heteroatoms. The summed E-state index contributed by atoms with van der Waals surface area (Å²) in [6.07, 6.45) is 4.46. The van der Waals surface area contributed by atoms with Gasteiger partial charge in [0, 0.05) is 37.5 Å². The van der Waals surface area contributed by atoms with Crippen LogP contribution in [0.5, 0.6) is 0 Å². The number of nitrogens with two attached hydrogens (primary N) is 1. The number of nitrogen functional groups attached to an aromatic ring is 1. The lowest BCUT2D eigenvalue weighted by atomic mass is 10.0. The molecule has 2 rings (SSSR count). The summed E-state index contributed by atoms with van der Waals surface area (Å²) in [4.78, 5) is 11.8. The highest BCUT2D eigenvalue weighted by atomic mass is 16.1. The smallest absolute Gasteiger partial charge is 0.133 e. The number of aromatic nitrogens is 2. The SMILES string of the molecule is Cn1nccc1CCC(=O)CCc1ccc(N)cc1. The Bertz CT molecular complexity index is 543. The van der Waals surface area contributed by atoms with Gasteiger partial charge in [-0.15, -0.1) is 0 Å². The minimum absolute atomic E-state index is 0.290. The van der Waals surface area contributed by atoms with E-state index in [0.29, 0.717) is 12.8 Å². The first-order valence-electron chi connectivity index (χ1n) is 6.48. The molecule has 100 valence electrons. The number of benzene rings is 1. The van der Waals surface area contributed by atoms with Crippen molar-refractivity contribution < 1.29 is 4.79 Å². The quantitative estimate of drug-likeness (QED) is 0.806. The molecule has 0 spiro atoms. The van der Waals surface area contributed by atoms with Crippen LogP contribution in [0.15, 0.2) is 36.5 Å². The number of carbonyl (C=O) groups is 1. The van der Waals surface area contributed by atoms with Gasteiger partial charge in [-0.1, -0.05) is 12.1 Å². The van der Waals surface area contributed by atoms with Crippen molar-refractivity contribution in [1.82, 2.24) is 9.78 Å². The van der Waals surface area contributed by atoms with Gasteiger partial charge < -0.3 is 5.73 Å². The van der Waals surface area contributed by atoms with Crippen molar-refractivity contribution in [1.29, 1.82) is 0 Å². The van der Waals surface area contributed by atoms with Gasteiger partial charge in [0.2, 0.25) is 0 Å². The molecule has 0 saturated heterocycles. The second-order valence-corrected chi connectivity index (χ2v) is 4.73. The minimum Gasteiger partial charge on any atom is -0.399 e. The highest BCUT2D eigenvalue weighted by Crippen LogP contribution is 2.09. The fraction of sp³-hybridized carbons (Fsp3) is 0.333. The highest BCUT2D eigenvalue weighted by molar-refractivity contribution is 5.78. The Morgan fingerprint density at radius 2 is 1.84 bits per heavy atom. The molecule has 0 atom stereocenters. The lowest BCUT2D eigenvalue weighted by Gasteiger charge is -2.03. The molecule has 0 saturated carbocycles. The predicted molar refractivity (Wildman–Crippen MR) is 75.7 cm³/mol. The van der Waals surface area contributed by atoms with Gasteiger partial charge in [0.15, 0.2) is 0 Å². The van der Waals surface area contributed by atoms with Gasteiger partial charge in [-0.2, -0.15) is 5.10 Å². The lowest BCUT2D eigenvalue weighted by molar-refractivity contribution is -0.119. The fourth-order valence-electron chi connectivity index (χ4n) is 2.01. The molecule has 4 nitrogen and oxygen atoms in total. The van der Waals surface area contributed by atoms with Crippen molar-refractivity contribution in [2.45, 2.75) is 25.7 Å². The first kappa shape index (κ1) is 13.3. The first-order chi connectivity index (χ1) is 9.15. The second kappa shape index (κ2) is 6.18. The van der Waals surface area contributed by atoms with Crippen LogP contribution in [-0.4, -0.2) is 15.6 Å². The van der Waals surface area contributed by atoms with Gasteiger partial charge in [0.25, 0.3) is 0 Å². The maximum Gasteiger partial charge on any atom is 0.133 e. The number of Topliss-reactive ketones (excluding diaryl/α,β-unsaturated/α-hetero) is 1. The van der Waals surface area contributed by atoms with Gasteiger partial charge in [-0.25, -0.2) is 0 Å². The van der Waals surface area contributed by atoms with Crippen molar-refractivity contribution in [3.05, 3.63) is 47.8 Å². The molecule has 0 aliphatic rings. The number of carbonyl (C=O) groups excluding carboxylic acids is 1. The zero-order valence-corrected chi connectivity index (χ0v) is 11.2. The Labute approximate surface area is 113 Å². The van der Waals surface area contributed by atoms with E-state index in [1.54, 1.807) is 6.20 Å². The molecule has 2 aromatic rings. The van der Waals surface area contributed by atoms with E-state index < -0.39 is 0 Å². The van der Waals surface area contributed by atoms with Gasteiger partial charge in [0.1, 0.15) is 5.78 Å². The summed E-state index contributed by atoms with van der Waals surface area (Å²) in [6.45, 7) is 0. The van der Waals surface area contributed by atoms with Gasteiger partial charge >= 0.3 is 0 Å². The molecule has 0 radical (unpaired) electrons. The van der Waals surface area contributed by atoms with Crippen molar-refractivity contribution in [2.75, 3.05) is 5.73 Å². The van der Waals surface area contributed by atoms with Crippen molar-refractivity contribution in [3.8, 4) is 0 Å². The largest absolute Gasteiger partial charge is 0.399 e. The second-order valence-electron chi connectivity index (χ2n) is 4.73. The standard InChI is InChI=1S/C15H19N3O/c1-18-14(10-11-17-18)7-9-15(19)8-4-12-2-5-13(16)6-3-12/h2-3,5-6,10-11H,4,7-9,16H2,1H3. The molecule has 19 heavy (non-hydrogen) atoms. The summed E-state index contributed by atoms with van der Waals surface area (Å²) in [6, 6.07) is 9.64. The predicted octanol–water partition coefficient (Wildman–Crippen LogP) is 2.14. The van der Waals surface area contributed by atoms with E-state index in [4.69, 9.17) is 5.73 Å². The number of aryl methyl sites for hydroxylation is 3. The van der Waals surface area contributed by atoms with Crippen LogP contribution in [0.1, 0.15) is 24.1 Å². The summed E-state index contributed by atoms with van der Waals surface area (Å²) in [7, 11) is 1.90. The Morgan fingerprint density at radius 3 is 2.47 bits per heavy atom. The lowest BCUT2D eigenvalue weighted by Crippen LogP contribution is -2.05. The van der Waals surface area contributed by atoms with E-state index in [1.165, 1.54) is 0 Å². The Morgan fingerprint density at radius 1 is 1.16 bits per heavy atom. The molecule has 2 N–H and O–H groups in total. The van der Waals surface area contributed by atoms with Crippen molar-refractivity contribution in [3.63, 3.8) is 0 Å². The third kappa shape index (κ3) is 3.95. The van der Waals surface area contributed by atoms with Crippen LogP contribution in [0, 0.1) is 0 Å².